The number of aliphatic hydroxyl groups is 1. The van der Waals surface area contributed by atoms with E-state index in [0.717, 1.165) is 47.1 Å². The Morgan fingerprint density at radius 1 is 0.946 bits per heavy atom. The zero-order chi connectivity index (χ0) is 25.3. The van der Waals surface area contributed by atoms with Crippen molar-refractivity contribution in [3.63, 3.8) is 0 Å². The summed E-state index contributed by atoms with van der Waals surface area (Å²) in [6, 6.07) is 23.8. The highest BCUT2D eigenvalue weighted by atomic mass is 16.5. The van der Waals surface area contributed by atoms with E-state index >= 15 is 0 Å². The number of benzene rings is 2. The Balaban J connectivity index is 1.34. The summed E-state index contributed by atoms with van der Waals surface area (Å²) in [4.78, 5) is 4.33. The number of anilines is 1. The maximum absolute atomic E-state index is 10.9. The van der Waals surface area contributed by atoms with Crippen LogP contribution in [0, 0.1) is 0 Å². The quantitative estimate of drug-likeness (QED) is 0.306. The van der Waals surface area contributed by atoms with Crippen LogP contribution in [0.3, 0.4) is 0 Å². The predicted octanol–water partition coefficient (Wildman–Crippen LogP) is 4.35. The molecule has 8 nitrogen and oxygen atoms in total. The number of rotatable bonds is 12. The van der Waals surface area contributed by atoms with Crippen molar-refractivity contribution in [2.24, 2.45) is 0 Å². The molecule has 0 saturated carbocycles. The fourth-order valence-electron chi connectivity index (χ4n) is 4.55. The first kappa shape index (κ1) is 25.2. The van der Waals surface area contributed by atoms with Crippen LogP contribution in [-0.4, -0.2) is 60.7 Å². The first-order valence-electron chi connectivity index (χ1n) is 12.7. The lowest BCUT2D eigenvalue weighted by atomic mass is 10.1. The molecule has 1 fully saturated rings. The summed E-state index contributed by atoms with van der Waals surface area (Å²) in [5.74, 6) is 1.57. The molecule has 0 spiro atoms. The van der Waals surface area contributed by atoms with Crippen LogP contribution in [0.2, 0.25) is 0 Å². The lowest BCUT2D eigenvalue weighted by Gasteiger charge is -2.29. The van der Waals surface area contributed by atoms with E-state index in [-0.39, 0.29) is 6.61 Å². The second-order valence-corrected chi connectivity index (χ2v) is 9.18. The van der Waals surface area contributed by atoms with E-state index in [1.807, 2.05) is 72.8 Å². The van der Waals surface area contributed by atoms with Crippen molar-refractivity contribution in [3.05, 3.63) is 95.9 Å². The third-order valence-corrected chi connectivity index (χ3v) is 6.34. The van der Waals surface area contributed by atoms with Gasteiger partial charge in [0.25, 0.3) is 0 Å². The molecule has 1 aliphatic heterocycles. The zero-order valence-electron chi connectivity index (χ0n) is 20.9. The molecule has 194 valence electrons. The van der Waals surface area contributed by atoms with Gasteiger partial charge in [0.15, 0.2) is 0 Å². The topological polar surface area (TPSA) is 84.3 Å². The fraction of sp³-hybridized carbons (Fsp3) is 0.345. The summed E-state index contributed by atoms with van der Waals surface area (Å²) < 4.78 is 22.9. The number of aliphatic hydroxyl groups excluding tert-OH is 1. The molecule has 8 heteroatoms. The largest absolute Gasteiger partial charge is 0.468 e. The molecule has 1 saturated heterocycles. The summed E-state index contributed by atoms with van der Waals surface area (Å²) in [7, 11) is 0. The van der Waals surface area contributed by atoms with Gasteiger partial charge in [0.1, 0.15) is 11.5 Å². The predicted molar refractivity (Wildman–Crippen MR) is 140 cm³/mol. The van der Waals surface area contributed by atoms with Gasteiger partial charge in [0.2, 0.25) is 5.88 Å². The van der Waals surface area contributed by atoms with Crippen LogP contribution in [0.25, 0.3) is 11.3 Å². The standard InChI is InChI=1S/C29H33N3O5/c33-25(22-35-21-23-8-3-1-4-9-23)18-31(19-26-12-7-15-36-26)20-27-28(24-10-5-2-6-11-24)30-37-29(27)32-13-16-34-17-14-32/h1-12,15,25,33H,13-14,16-22H2/t25-/m1/s1. The number of morpholine rings is 1. The third-order valence-electron chi connectivity index (χ3n) is 6.34. The first-order chi connectivity index (χ1) is 18.3. The highest BCUT2D eigenvalue weighted by Crippen LogP contribution is 2.33. The Labute approximate surface area is 217 Å². The zero-order valence-corrected chi connectivity index (χ0v) is 20.9. The SMILES string of the molecule is O[C@@H](COCc1ccccc1)CN(Cc1ccco1)Cc1c(-c2ccccc2)noc1N1CCOCC1. The van der Waals surface area contributed by atoms with E-state index in [1.54, 1.807) is 6.26 Å². The molecule has 1 N–H and O–H groups in total. The minimum atomic E-state index is -0.675. The number of hydrogen-bond donors (Lipinski definition) is 1. The number of nitrogens with zero attached hydrogens (tertiary/aromatic N) is 3. The Morgan fingerprint density at radius 3 is 2.43 bits per heavy atom. The molecule has 0 aliphatic carbocycles. The van der Waals surface area contributed by atoms with Crippen molar-refractivity contribution >= 4 is 5.88 Å². The van der Waals surface area contributed by atoms with Gasteiger partial charge < -0.3 is 28.4 Å². The van der Waals surface area contributed by atoms with Gasteiger partial charge in [-0.2, -0.15) is 0 Å². The molecule has 5 rings (SSSR count). The highest BCUT2D eigenvalue weighted by Gasteiger charge is 2.26. The average molecular weight is 504 g/mol. The Bertz CT molecular complexity index is 1190. The molecule has 3 heterocycles. The summed E-state index contributed by atoms with van der Waals surface area (Å²) >= 11 is 0. The Morgan fingerprint density at radius 2 is 1.70 bits per heavy atom. The molecule has 37 heavy (non-hydrogen) atoms. The Hall–Kier alpha value is -3.43. The van der Waals surface area contributed by atoms with Gasteiger partial charge in [-0.05, 0) is 17.7 Å². The summed E-state index contributed by atoms with van der Waals surface area (Å²) in [6.45, 7) is 4.92. The van der Waals surface area contributed by atoms with Crippen LogP contribution < -0.4 is 4.90 Å². The van der Waals surface area contributed by atoms with E-state index < -0.39 is 6.10 Å². The van der Waals surface area contributed by atoms with E-state index in [0.29, 0.717) is 39.5 Å². The molecular formula is C29H33N3O5. The average Bonchev–Trinajstić information content (AvgIpc) is 3.60. The summed E-state index contributed by atoms with van der Waals surface area (Å²) in [5, 5.41) is 15.4. The van der Waals surface area contributed by atoms with E-state index in [1.165, 1.54) is 0 Å². The second-order valence-electron chi connectivity index (χ2n) is 9.18. The molecule has 1 atom stereocenters. The van der Waals surface area contributed by atoms with Crippen LogP contribution in [0.1, 0.15) is 16.9 Å². The fourth-order valence-corrected chi connectivity index (χ4v) is 4.55. The van der Waals surface area contributed by atoms with Crippen LogP contribution in [0.5, 0.6) is 0 Å². The molecule has 0 radical (unpaired) electrons. The monoisotopic (exact) mass is 503 g/mol. The summed E-state index contributed by atoms with van der Waals surface area (Å²) in [5.41, 5.74) is 3.86. The molecular weight excluding hydrogens is 470 g/mol. The van der Waals surface area contributed by atoms with Crippen LogP contribution in [0.15, 0.2) is 88.0 Å². The third kappa shape index (κ3) is 6.87. The molecule has 2 aromatic carbocycles. The Kier molecular flexibility index (Phi) is 8.66. The maximum Gasteiger partial charge on any atom is 0.232 e. The number of hydrogen-bond acceptors (Lipinski definition) is 8. The van der Waals surface area contributed by atoms with Crippen molar-refractivity contribution in [2.45, 2.75) is 25.8 Å². The van der Waals surface area contributed by atoms with Crippen molar-refractivity contribution < 1.29 is 23.5 Å². The number of furan rings is 1. The minimum absolute atomic E-state index is 0.231. The highest BCUT2D eigenvalue weighted by molar-refractivity contribution is 5.68. The van der Waals surface area contributed by atoms with Crippen LogP contribution in [-0.2, 0) is 29.2 Å². The van der Waals surface area contributed by atoms with Gasteiger partial charge in [0, 0.05) is 31.7 Å². The van der Waals surface area contributed by atoms with E-state index in [4.69, 9.17) is 18.4 Å². The second kappa shape index (κ2) is 12.7. The molecule has 2 aromatic heterocycles. The van der Waals surface area contributed by atoms with E-state index in [9.17, 15) is 5.11 Å². The van der Waals surface area contributed by atoms with Gasteiger partial charge in [-0.15, -0.1) is 0 Å². The molecule has 1 aliphatic rings. The normalized spacial score (nSPS) is 14.8. The lowest BCUT2D eigenvalue weighted by molar-refractivity contribution is 0.00614. The molecule has 4 aromatic rings. The van der Waals surface area contributed by atoms with Crippen LogP contribution >= 0.6 is 0 Å². The van der Waals surface area contributed by atoms with Gasteiger partial charge in [0.05, 0.1) is 50.9 Å². The minimum Gasteiger partial charge on any atom is -0.468 e. The molecule has 0 amide bonds. The number of ether oxygens (including phenoxy) is 2. The van der Waals surface area contributed by atoms with Crippen molar-refractivity contribution in [2.75, 3.05) is 44.4 Å². The first-order valence-corrected chi connectivity index (χ1v) is 12.7. The molecule has 0 unspecified atom stereocenters. The smallest absolute Gasteiger partial charge is 0.232 e. The van der Waals surface area contributed by atoms with Gasteiger partial charge >= 0.3 is 0 Å². The maximum atomic E-state index is 10.9. The number of aromatic nitrogens is 1. The van der Waals surface area contributed by atoms with Crippen LogP contribution in [0.4, 0.5) is 5.88 Å². The van der Waals surface area contributed by atoms with Gasteiger partial charge in [-0.1, -0.05) is 65.8 Å². The van der Waals surface area contributed by atoms with Crippen molar-refractivity contribution in [1.29, 1.82) is 0 Å². The molecule has 0 bridgehead atoms. The lowest BCUT2D eigenvalue weighted by Crippen LogP contribution is -2.38. The van der Waals surface area contributed by atoms with Crippen molar-refractivity contribution in [3.8, 4) is 11.3 Å². The van der Waals surface area contributed by atoms with Gasteiger partial charge in [-0.3, -0.25) is 4.90 Å². The van der Waals surface area contributed by atoms with E-state index in [2.05, 4.69) is 15.0 Å². The van der Waals surface area contributed by atoms with Gasteiger partial charge in [-0.25, -0.2) is 0 Å². The van der Waals surface area contributed by atoms with Crippen molar-refractivity contribution in [1.82, 2.24) is 10.1 Å². The summed E-state index contributed by atoms with van der Waals surface area (Å²) in [6.07, 6.45) is 0.992.